The Morgan fingerprint density at radius 2 is 1.47 bits per heavy atom. The summed E-state index contributed by atoms with van der Waals surface area (Å²) in [5.41, 5.74) is 0.944. The van der Waals surface area contributed by atoms with Gasteiger partial charge in [0.1, 0.15) is 0 Å². The molecule has 5 unspecified atom stereocenters. The Morgan fingerprint density at radius 3 is 2.10 bits per heavy atom. The minimum absolute atomic E-state index is 0.0929. The Hall–Kier alpha value is -0.0662. The Labute approximate surface area is 188 Å². The molecule has 0 bridgehead atoms. The molecule has 0 heterocycles. The van der Waals surface area contributed by atoms with E-state index in [0.29, 0.717) is 10.8 Å². The molecule has 3 fully saturated rings. The first kappa shape index (κ1) is 23.1. The van der Waals surface area contributed by atoms with Crippen molar-refractivity contribution < 1.29 is 8.85 Å². The SMILES string of the molecule is CC12CCC(O[Si](C)(C)C)=C[C@@H]1CCC1C2CCC2(C)C1CC[C@@]2(C)O[Si](C)(C)C. The van der Waals surface area contributed by atoms with Crippen LogP contribution in [0.15, 0.2) is 11.8 Å². The zero-order valence-corrected chi connectivity index (χ0v) is 23.4. The van der Waals surface area contributed by atoms with Gasteiger partial charge in [0.25, 0.3) is 0 Å². The first-order valence-electron chi connectivity index (χ1n) is 12.8. The number of fused-ring (bicyclic) bond motifs is 5. The highest BCUT2D eigenvalue weighted by Crippen LogP contribution is 2.68. The summed E-state index contributed by atoms with van der Waals surface area (Å²) in [7, 11) is -3.05. The lowest BCUT2D eigenvalue weighted by molar-refractivity contribution is -0.130. The number of allylic oxidation sites excluding steroid dienone is 2. The van der Waals surface area contributed by atoms with Crippen molar-refractivity contribution in [2.75, 3.05) is 0 Å². The van der Waals surface area contributed by atoms with E-state index in [2.05, 4.69) is 66.1 Å². The molecule has 4 rings (SSSR count). The quantitative estimate of drug-likeness (QED) is 0.406. The second-order valence-corrected chi connectivity index (χ2v) is 22.7. The molecule has 0 aromatic heterocycles. The molecule has 0 aliphatic heterocycles. The zero-order chi connectivity index (χ0) is 22.2. The lowest BCUT2D eigenvalue weighted by Gasteiger charge is -2.61. The molecule has 4 aliphatic carbocycles. The average Bonchev–Trinajstić information content (AvgIpc) is 2.83. The maximum atomic E-state index is 6.95. The molecular weight excluding hydrogens is 400 g/mol. The van der Waals surface area contributed by atoms with E-state index in [0.717, 1.165) is 23.7 Å². The van der Waals surface area contributed by atoms with E-state index in [1.807, 2.05) is 0 Å². The molecule has 30 heavy (non-hydrogen) atoms. The second-order valence-electron chi connectivity index (χ2n) is 13.9. The summed E-state index contributed by atoms with van der Waals surface area (Å²) < 4.78 is 13.4. The van der Waals surface area contributed by atoms with Gasteiger partial charge in [-0.3, -0.25) is 0 Å². The van der Waals surface area contributed by atoms with Crippen molar-refractivity contribution >= 4 is 16.6 Å². The van der Waals surface area contributed by atoms with Gasteiger partial charge in [-0.2, -0.15) is 0 Å². The zero-order valence-electron chi connectivity index (χ0n) is 21.4. The molecule has 2 nitrogen and oxygen atoms in total. The van der Waals surface area contributed by atoms with Gasteiger partial charge in [-0.25, -0.2) is 0 Å². The predicted molar refractivity (Wildman–Crippen MR) is 132 cm³/mol. The normalized spacial score (nSPS) is 46.5. The lowest BCUT2D eigenvalue weighted by atomic mass is 9.45. The third kappa shape index (κ3) is 3.81. The van der Waals surface area contributed by atoms with Crippen LogP contribution in [0.1, 0.15) is 72.1 Å². The van der Waals surface area contributed by atoms with E-state index in [-0.39, 0.29) is 5.60 Å². The summed E-state index contributed by atoms with van der Waals surface area (Å²) in [6, 6.07) is 0. The van der Waals surface area contributed by atoms with Gasteiger partial charge in [-0.1, -0.05) is 13.8 Å². The maximum Gasteiger partial charge on any atom is 0.241 e. The third-order valence-electron chi connectivity index (χ3n) is 9.74. The van der Waals surface area contributed by atoms with Crippen LogP contribution in [0.4, 0.5) is 0 Å². The van der Waals surface area contributed by atoms with Crippen LogP contribution in [-0.2, 0) is 8.85 Å². The average molecular weight is 449 g/mol. The van der Waals surface area contributed by atoms with Crippen molar-refractivity contribution in [2.24, 2.45) is 34.5 Å². The second kappa shape index (κ2) is 7.22. The Morgan fingerprint density at radius 1 is 0.800 bits per heavy atom. The summed E-state index contributed by atoms with van der Waals surface area (Å²) >= 11 is 0. The molecule has 0 aromatic rings. The van der Waals surface area contributed by atoms with Crippen LogP contribution in [0.25, 0.3) is 0 Å². The topological polar surface area (TPSA) is 18.5 Å². The number of hydrogen-bond acceptors (Lipinski definition) is 2. The Balaban J connectivity index is 1.56. The molecule has 0 spiro atoms. The first-order valence-corrected chi connectivity index (χ1v) is 19.6. The van der Waals surface area contributed by atoms with E-state index >= 15 is 0 Å². The summed E-state index contributed by atoms with van der Waals surface area (Å²) in [6.07, 6.45) is 13.3. The van der Waals surface area contributed by atoms with Crippen LogP contribution in [0.5, 0.6) is 0 Å². The summed E-state index contributed by atoms with van der Waals surface area (Å²) in [5.74, 6) is 4.72. The highest BCUT2D eigenvalue weighted by molar-refractivity contribution is 6.70. The van der Waals surface area contributed by atoms with Crippen LogP contribution in [-0.4, -0.2) is 22.2 Å². The monoisotopic (exact) mass is 448 g/mol. The van der Waals surface area contributed by atoms with Gasteiger partial charge in [-0.05, 0) is 132 Å². The van der Waals surface area contributed by atoms with Crippen LogP contribution in [0.3, 0.4) is 0 Å². The van der Waals surface area contributed by atoms with Crippen molar-refractivity contribution in [1.29, 1.82) is 0 Å². The Bertz CT molecular complexity index is 705. The fourth-order valence-electron chi connectivity index (χ4n) is 8.38. The minimum atomic E-state index is -1.55. The smallest absolute Gasteiger partial charge is 0.241 e. The molecule has 4 aliphatic rings. The van der Waals surface area contributed by atoms with E-state index in [1.165, 1.54) is 57.1 Å². The molecule has 7 atom stereocenters. The highest BCUT2D eigenvalue weighted by atomic mass is 28.4. The van der Waals surface area contributed by atoms with Crippen molar-refractivity contribution in [3.63, 3.8) is 0 Å². The van der Waals surface area contributed by atoms with Crippen LogP contribution >= 0.6 is 0 Å². The van der Waals surface area contributed by atoms with Crippen LogP contribution < -0.4 is 0 Å². The van der Waals surface area contributed by atoms with Gasteiger partial charge < -0.3 is 8.85 Å². The molecule has 0 aromatic carbocycles. The van der Waals surface area contributed by atoms with Crippen LogP contribution in [0, 0.1) is 34.5 Å². The van der Waals surface area contributed by atoms with Gasteiger partial charge in [0, 0.05) is 6.42 Å². The fourth-order valence-corrected chi connectivity index (χ4v) is 11.0. The minimum Gasteiger partial charge on any atom is -0.548 e. The van der Waals surface area contributed by atoms with Gasteiger partial charge >= 0.3 is 0 Å². The lowest BCUT2D eigenvalue weighted by Crippen LogP contribution is -2.57. The van der Waals surface area contributed by atoms with Crippen molar-refractivity contribution in [2.45, 2.75) is 117 Å². The third-order valence-corrected chi connectivity index (χ3v) is 11.7. The molecule has 0 saturated heterocycles. The first-order chi connectivity index (χ1) is 13.7. The summed E-state index contributed by atoms with van der Waals surface area (Å²) in [6.45, 7) is 21.8. The maximum absolute atomic E-state index is 6.95. The fraction of sp³-hybridized carbons (Fsp3) is 0.923. The molecular formula is C26H48O2Si2. The molecule has 0 N–H and O–H groups in total. The largest absolute Gasteiger partial charge is 0.548 e. The molecule has 4 heteroatoms. The number of hydrogen-bond donors (Lipinski definition) is 0. The van der Waals surface area contributed by atoms with E-state index in [1.54, 1.807) is 0 Å². The highest BCUT2D eigenvalue weighted by Gasteiger charge is 2.64. The van der Waals surface area contributed by atoms with Crippen molar-refractivity contribution in [3.8, 4) is 0 Å². The predicted octanol–water partition coefficient (Wildman–Crippen LogP) is 7.98. The summed E-state index contributed by atoms with van der Waals surface area (Å²) in [5, 5.41) is 0. The van der Waals surface area contributed by atoms with Gasteiger partial charge in [0.05, 0.1) is 11.4 Å². The number of rotatable bonds is 4. The van der Waals surface area contributed by atoms with Crippen molar-refractivity contribution in [3.05, 3.63) is 11.8 Å². The molecule has 172 valence electrons. The standard InChI is InChI=1S/C26H48O2Si2/c1-24-15-12-20(27-29(4,5)6)18-19(24)10-11-21-22(24)13-16-25(2)23(21)14-17-26(25,3)28-30(7,8)9/h18-19,21-23H,10-17H2,1-9H3/t19-,21?,22?,23?,24?,25?,26+/m0/s1. The van der Waals surface area contributed by atoms with E-state index < -0.39 is 16.6 Å². The van der Waals surface area contributed by atoms with E-state index in [4.69, 9.17) is 8.85 Å². The van der Waals surface area contributed by atoms with Gasteiger partial charge in [-0.15, -0.1) is 0 Å². The van der Waals surface area contributed by atoms with Gasteiger partial charge in [0.15, 0.2) is 8.32 Å². The molecule has 0 radical (unpaired) electrons. The van der Waals surface area contributed by atoms with Crippen molar-refractivity contribution in [1.82, 2.24) is 0 Å². The molecule has 0 amide bonds. The molecule has 3 saturated carbocycles. The van der Waals surface area contributed by atoms with Crippen LogP contribution in [0.2, 0.25) is 39.3 Å². The Kier molecular flexibility index (Phi) is 5.56. The van der Waals surface area contributed by atoms with Gasteiger partial charge in [0.2, 0.25) is 8.32 Å². The van der Waals surface area contributed by atoms with E-state index in [9.17, 15) is 0 Å². The summed E-state index contributed by atoms with van der Waals surface area (Å²) in [4.78, 5) is 0.